The Morgan fingerprint density at radius 1 is 1.53 bits per heavy atom. The molecule has 0 N–H and O–H groups in total. The van der Waals surface area contributed by atoms with Gasteiger partial charge in [-0.15, -0.1) is 0 Å². The van der Waals surface area contributed by atoms with E-state index in [1.807, 2.05) is 7.05 Å². The molecule has 1 aliphatic heterocycles. The van der Waals surface area contributed by atoms with Gasteiger partial charge in [0, 0.05) is 14.1 Å². The first-order valence-corrected chi connectivity index (χ1v) is 5.92. The second-order valence-corrected chi connectivity index (χ2v) is 5.46. The minimum atomic E-state index is 0.280. The first kappa shape index (κ1) is 10.8. The van der Waals surface area contributed by atoms with Crippen molar-refractivity contribution in [3.05, 3.63) is 0 Å². The summed E-state index contributed by atoms with van der Waals surface area (Å²) in [6, 6.07) is 1.35. The molecule has 2 fully saturated rings. The van der Waals surface area contributed by atoms with Crippen molar-refractivity contribution >= 4 is 13.9 Å². The van der Waals surface area contributed by atoms with Gasteiger partial charge in [0.2, 0.25) is 0 Å². The summed E-state index contributed by atoms with van der Waals surface area (Å²) in [4.78, 5) is 6.43. The summed E-state index contributed by atoms with van der Waals surface area (Å²) < 4.78 is 6.00. The van der Waals surface area contributed by atoms with Crippen LogP contribution in [0.2, 0.25) is 5.31 Å². The highest BCUT2D eigenvalue weighted by atomic mass is 16.5. The zero-order chi connectivity index (χ0) is 11.1. The van der Waals surface area contributed by atoms with Crippen LogP contribution in [-0.2, 0) is 4.74 Å². The molecule has 0 amide bonds. The van der Waals surface area contributed by atoms with E-state index in [0.717, 1.165) is 6.02 Å². The number of hydrogen-bond donors (Lipinski definition) is 0. The van der Waals surface area contributed by atoms with Crippen molar-refractivity contribution in [2.45, 2.75) is 50.1 Å². The van der Waals surface area contributed by atoms with E-state index in [-0.39, 0.29) is 5.31 Å². The highest BCUT2D eigenvalue weighted by Gasteiger charge is 2.46. The summed E-state index contributed by atoms with van der Waals surface area (Å²) in [5, 5.41) is 0.280. The van der Waals surface area contributed by atoms with Crippen LogP contribution in [0.1, 0.15) is 32.6 Å². The van der Waals surface area contributed by atoms with E-state index in [2.05, 4.69) is 31.7 Å². The first-order chi connectivity index (χ1) is 7.06. The Morgan fingerprint density at radius 3 is 2.93 bits per heavy atom. The van der Waals surface area contributed by atoms with Crippen molar-refractivity contribution in [1.29, 1.82) is 0 Å². The Hall–Kier alpha value is -0.665. The van der Waals surface area contributed by atoms with Crippen LogP contribution >= 0.6 is 0 Å². The quantitative estimate of drug-likeness (QED) is 0.556. The maximum Gasteiger partial charge on any atom is 0.287 e. The third kappa shape index (κ3) is 1.74. The highest BCUT2D eigenvalue weighted by molar-refractivity contribution is 6.15. The smallest absolute Gasteiger partial charge is 0.287 e. The number of nitrogens with zero attached hydrogens (tertiary/aromatic N) is 2. The van der Waals surface area contributed by atoms with Crippen LogP contribution in [0.3, 0.4) is 0 Å². The van der Waals surface area contributed by atoms with Crippen molar-refractivity contribution in [3.63, 3.8) is 0 Å². The van der Waals surface area contributed by atoms with E-state index in [1.54, 1.807) is 0 Å². The Kier molecular flexibility index (Phi) is 2.69. The molecule has 1 heterocycles. The molecule has 0 radical (unpaired) electrons. The fourth-order valence-corrected chi connectivity index (χ4v) is 2.93. The molecule has 15 heavy (non-hydrogen) atoms. The first-order valence-electron chi connectivity index (χ1n) is 5.92. The Labute approximate surface area is 93.3 Å². The molecule has 1 saturated carbocycles. The largest absolute Gasteiger partial charge is 0.460 e. The third-order valence-corrected chi connectivity index (χ3v) is 3.91. The molecule has 1 aliphatic carbocycles. The Balaban J connectivity index is 2.26. The highest BCUT2D eigenvalue weighted by Crippen LogP contribution is 2.44. The molecule has 1 saturated heterocycles. The van der Waals surface area contributed by atoms with Crippen LogP contribution < -0.4 is 0 Å². The maximum absolute atomic E-state index is 6.00. The van der Waals surface area contributed by atoms with Crippen LogP contribution in [0, 0.1) is 0 Å². The van der Waals surface area contributed by atoms with Crippen molar-refractivity contribution < 1.29 is 4.74 Å². The van der Waals surface area contributed by atoms with Gasteiger partial charge in [0.25, 0.3) is 6.02 Å². The minimum absolute atomic E-state index is 0.280. The normalized spacial score (nSPS) is 43.7. The second kappa shape index (κ2) is 3.73. The second-order valence-electron chi connectivity index (χ2n) is 5.46. The van der Waals surface area contributed by atoms with Gasteiger partial charge in [-0.3, -0.25) is 0 Å². The summed E-state index contributed by atoms with van der Waals surface area (Å²) in [7, 11) is 6.24. The average molecular weight is 208 g/mol. The predicted molar refractivity (Wildman–Crippen MR) is 65.2 cm³/mol. The number of ether oxygens (including phenoxy) is 1. The standard InChI is InChI=1S/C11H21BN2O/c1-11(12)7-5-4-6-8-9(11)15-10(13-2)14(8)3/h8-9H,4-7,12H2,1-3H3/b13-10-. The fourth-order valence-electron chi connectivity index (χ4n) is 2.93. The monoisotopic (exact) mass is 208 g/mol. The predicted octanol–water partition coefficient (Wildman–Crippen LogP) is 1.06. The lowest BCUT2D eigenvalue weighted by Gasteiger charge is -2.31. The van der Waals surface area contributed by atoms with Crippen LogP contribution in [0.4, 0.5) is 0 Å². The minimum Gasteiger partial charge on any atom is -0.460 e. The van der Waals surface area contributed by atoms with E-state index >= 15 is 0 Å². The van der Waals surface area contributed by atoms with Gasteiger partial charge in [-0.25, -0.2) is 4.99 Å². The molecule has 3 unspecified atom stereocenters. The van der Waals surface area contributed by atoms with Crippen molar-refractivity contribution in [1.82, 2.24) is 4.90 Å². The Bertz CT molecular complexity index is 278. The lowest BCUT2D eigenvalue weighted by atomic mass is 9.63. The maximum atomic E-state index is 6.00. The number of likely N-dealkylation sites (N-methyl/N-ethyl adjacent to an activating group) is 1. The molecule has 84 valence electrons. The number of amidine groups is 1. The van der Waals surface area contributed by atoms with E-state index < -0.39 is 0 Å². The van der Waals surface area contributed by atoms with Crippen molar-refractivity contribution in [2.75, 3.05) is 14.1 Å². The van der Waals surface area contributed by atoms with Crippen molar-refractivity contribution in [3.8, 4) is 0 Å². The molecule has 3 atom stereocenters. The van der Waals surface area contributed by atoms with E-state index in [0.29, 0.717) is 12.1 Å². The molecular weight excluding hydrogens is 187 g/mol. The van der Waals surface area contributed by atoms with E-state index in [4.69, 9.17) is 4.74 Å². The van der Waals surface area contributed by atoms with Gasteiger partial charge < -0.3 is 9.64 Å². The summed E-state index contributed by atoms with van der Waals surface area (Å²) in [6.45, 7) is 2.32. The molecule has 0 spiro atoms. The zero-order valence-corrected chi connectivity index (χ0v) is 10.3. The summed E-state index contributed by atoms with van der Waals surface area (Å²) in [6.07, 6.45) is 5.47. The summed E-state index contributed by atoms with van der Waals surface area (Å²) >= 11 is 0. The lowest BCUT2D eigenvalue weighted by Crippen LogP contribution is -2.38. The van der Waals surface area contributed by atoms with Gasteiger partial charge in [0.05, 0.1) is 6.04 Å². The number of rotatable bonds is 0. The van der Waals surface area contributed by atoms with Crippen LogP contribution in [0.5, 0.6) is 0 Å². The average Bonchev–Trinajstić information content (AvgIpc) is 2.43. The van der Waals surface area contributed by atoms with Gasteiger partial charge in [-0.05, 0) is 11.7 Å². The van der Waals surface area contributed by atoms with Gasteiger partial charge in [0.15, 0.2) is 0 Å². The molecule has 0 bridgehead atoms. The number of aliphatic imine (C=N–C) groups is 1. The van der Waals surface area contributed by atoms with Crippen molar-refractivity contribution in [2.24, 2.45) is 4.99 Å². The van der Waals surface area contributed by atoms with Crippen LogP contribution in [-0.4, -0.2) is 45.0 Å². The van der Waals surface area contributed by atoms with Crippen LogP contribution in [0.15, 0.2) is 4.99 Å². The molecule has 0 aromatic carbocycles. The molecule has 2 rings (SSSR count). The summed E-state index contributed by atoms with van der Waals surface area (Å²) in [5.41, 5.74) is 0. The van der Waals surface area contributed by atoms with Gasteiger partial charge >= 0.3 is 0 Å². The van der Waals surface area contributed by atoms with E-state index in [1.165, 1.54) is 25.7 Å². The number of hydrogen-bond acceptors (Lipinski definition) is 2. The zero-order valence-electron chi connectivity index (χ0n) is 10.3. The van der Waals surface area contributed by atoms with Gasteiger partial charge in [-0.1, -0.05) is 26.2 Å². The molecule has 2 aliphatic rings. The fraction of sp³-hybridized carbons (Fsp3) is 0.909. The third-order valence-electron chi connectivity index (χ3n) is 3.91. The number of fused-ring (bicyclic) bond motifs is 1. The lowest BCUT2D eigenvalue weighted by molar-refractivity contribution is 0.142. The Morgan fingerprint density at radius 2 is 2.27 bits per heavy atom. The van der Waals surface area contributed by atoms with Crippen LogP contribution in [0.25, 0.3) is 0 Å². The molecule has 3 nitrogen and oxygen atoms in total. The topological polar surface area (TPSA) is 24.8 Å². The molecule has 0 aromatic heterocycles. The SMILES string of the molecule is BC1(C)CCCCC2C1O/C(=N\C)N2C. The molecule has 4 heteroatoms. The molecular formula is C11H21BN2O. The molecule has 0 aromatic rings. The van der Waals surface area contributed by atoms with Gasteiger partial charge in [0.1, 0.15) is 14.0 Å². The van der Waals surface area contributed by atoms with Gasteiger partial charge in [-0.2, -0.15) is 0 Å². The van der Waals surface area contributed by atoms with E-state index in [9.17, 15) is 0 Å². The summed E-state index contributed by atoms with van der Waals surface area (Å²) in [5.74, 6) is 0.